The highest BCUT2D eigenvalue weighted by atomic mass is 16.5. The normalized spacial score (nSPS) is 22.2. The number of carbonyl (C=O) groups excluding carboxylic acids is 1. The van der Waals surface area contributed by atoms with Gasteiger partial charge in [-0.15, -0.1) is 0 Å². The van der Waals surface area contributed by atoms with Crippen molar-refractivity contribution in [1.82, 2.24) is 10.3 Å². The number of hydrogen-bond acceptors (Lipinski definition) is 5. The van der Waals surface area contributed by atoms with Gasteiger partial charge in [-0.05, 0) is 69.6 Å². The molecule has 2 saturated carbocycles. The number of nitrogens with zero attached hydrogens (tertiary/aromatic N) is 1. The molecule has 1 aromatic heterocycles. The molecule has 2 aromatic rings. The molecular formula is C22H29N3O3. The molecule has 2 aliphatic rings. The highest BCUT2D eigenvalue weighted by Crippen LogP contribution is 2.33. The van der Waals surface area contributed by atoms with Gasteiger partial charge in [-0.3, -0.25) is 9.78 Å². The zero-order valence-corrected chi connectivity index (χ0v) is 16.4. The van der Waals surface area contributed by atoms with Gasteiger partial charge >= 0.3 is 0 Å². The second kappa shape index (κ2) is 8.35. The fraction of sp³-hybridized carbons (Fsp3) is 0.545. The first-order valence-corrected chi connectivity index (χ1v) is 10.3. The summed E-state index contributed by atoms with van der Waals surface area (Å²) in [4.78, 5) is 16.6. The molecule has 150 valence electrons. The van der Waals surface area contributed by atoms with Crippen molar-refractivity contribution in [2.45, 2.75) is 57.6 Å². The first-order chi connectivity index (χ1) is 13.6. The third-order valence-corrected chi connectivity index (χ3v) is 5.57. The number of carbonyl (C=O) groups is 1. The number of aromatic nitrogens is 1. The van der Waals surface area contributed by atoms with Crippen LogP contribution in [0.3, 0.4) is 0 Å². The average molecular weight is 383 g/mol. The van der Waals surface area contributed by atoms with E-state index in [1.54, 1.807) is 0 Å². The number of pyridine rings is 1. The molecule has 0 radical (unpaired) electrons. The monoisotopic (exact) mass is 383 g/mol. The lowest BCUT2D eigenvalue weighted by Gasteiger charge is -2.30. The molecule has 0 saturated heterocycles. The van der Waals surface area contributed by atoms with Crippen LogP contribution in [-0.2, 0) is 9.53 Å². The Balaban J connectivity index is 1.28. The molecule has 1 aromatic carbocycles. The topological polar surface area (TPSA) is 86.5 Å². The van der Waals surface area contributed by atoms with E-state index in [-0.39, 0.29) is 24.7 Å². The van der Waals surface area contributed by atoms with Gasteiger partial charge in [-0.1, -0.05) is 6.07 Å². The van der Waals surface area contributed by atoms with Crippen LogP contribution in [0.15, 0.2) is 24.3 Å². The van der Waals surface area contributed by atoms with Gasteiger partial charge in [0.25, 0.3) is 0 Å². The van der Waals surface area contributed by atoms with E-state index < -0.39 is 0 Å². The molecule has 6 nitrogen and oxygen atoms in total. The van der Waals surface area contributed by atoms with Crippen LogP contribution < -0.4 is 15.8 Å². The van der Waals surface area contributed by atoms with Crippen molar-refractivity contribution in [2.75, 3.05) is 18.9 Å². The molecule has 28 heavy (non-hydrogen) atoms. The summed E-state index contributed by atoms with van der Waals surface area (Å²) in [5, 5.41) is 3.98. The second-order valence-corrected chi connectivity index (χ2v) is 8.12. The fourth-order valence-corrected chi connectivity index (χ4v) is 3.90. The Kier molecular flexibility index (Phi) is 5.67. The van der Waals surface area contributed by atoms with Gasteiger partial charge in [0.15, 0.2) is 0 Å². The molecule has 0 atom stereocenters. The Morgan fingerprint density at radius 1 is 1.21 bits per heavy atom. The largest absolute Gasteiger partial charge is 0.490 e. The van der Waals surface area contributed by atoms with Crippen LogP contribution in [0.2, 0.25) is 0 Å². The maximum absolute atomic E-state index is 12.0. The Morgan fingerprint density at radius 3 is 2.75 bits per heavy atom. The van der Waals surface area contributed by atoms with Crippen molar-refractivity contribution in [2.24, 2.45) is 5.92 Å². The lowest BCUT2D eigenvalue weighted by Crippen LogP contribution is -2.41. The summed E-state index contributed by atoms with van der Waals surface area (Å²) in [6.07, 6.45) is 6.25. The number of nitrogens with one attached hydrogen (secondary N) is 1. The second-order valence-electron chi connectivity index (χ2n) is 8.12. The summed E-state index contributed by atoms with van der Waals surface area (Å²) in [5.74, 6) is 1.47. The van der Waals surface area contributed by atoms with E-state index in [2.05, 4.69) is 10.3 Å². The van der Waals surface area contributed by atoms with Crippen LogP contribution in [0, 0.1) is 12.8 Å². The standard InChI is InChI=1S/C22H29N3O3/c1-14-11-18(23)22-19(24-14)3-2-4-20(22)28-17-9-7-16(8-10-17)25-21(26)13-27-12-15-5-6-15/h2-4,11,15-17H,5-10,12-13H2,1H3,(H2,23,24)(H,25,26). The minimum absolute atomic E-state index is 0.00621. The molecule has 0 bridgehead atoms. The number of benzene rings is 1. The smallest absolute Gasteiger partial charge is 0.246 e. The van der Waals surface area contributed by atoms with Gasteiger partial charge in [0.05, 0.1) is 23.6 Å². The number of nitrogen functional groups attached to an aromatic ring is 1. The number of rotatable bonds is 7. The number of fused-ring (bicyclic) bond motifs is 1. The molecule has 3 N–H and O–H groups in total. The maximum atomic E-state index is 12.0. The van der Waals surface area contributed by atoms with Crippen molar-refractivity contribution in [3.05, 3.63) is 30.0 Å². The zero-order valence-electron chi connectivity index (χ0n) is 16.4. The molecule has 2 fully saturated rings. The molecule has 1 amide bonds. The molecule has 4 rings (SSSR count). The van der Waals surface area contributed by atoms with E-state index in [4.69, 9.17) is 15.2 Å². The summed E-state index contributed by atoms with van der Waals surface area (Å²) in [6.45, 7) is 2.83. The minimum Gasteiger partial charge on any atom is -0.490 e. The number of hydrogen-bond donors (Lipinski definition) is 2. The van der Waals surface area contributed by atoms with E-state index in [1.165, 1.54) is 12.8 Å². The summed E-state index contributed by atoms with van der Waals surface area (Å²) in [5.41, 5.74) is 8.69. The van der Waals surface area contributed by atoms with Crippen LogP contribution in [0.5, 0.6) is 5.75 Å². The van der Waals surface area contributed by atoms with Crippen molar-refractivity contribution in [1.29, 1.82) is 0 Å². The Morgan fingerprint density at radius 2 is 2.00 bits per heavy atom. The van der Waals surface area contributed by atoms with Crippen LogP contribution in [-0.4, -0.2) is 36.3 Å². The van der Waals surface area contributed by atoms with E-state index in [1.807, 2.05) is 31.2 Å². The predicted octanol–water partition coefficient (Wildman–Crippen LogP) is 3.36. The lowest BCUT2D eigenvalue weighted by atomic mass is 9.93. The average Bonchev–Trinajstić information content (AvgIpc) is 3.47. The molecule has 6 heteroatoms. The number of amides is 1. The SMILES string of the molecule is Cc1cc(N)c2c(OC3CCC(NC(=O)COCC4CC4)CC3)cccc2n1. The summed E-state index contributed by atoms with van der Waals surface area (Å²) in [6, 6.07) is 7.97. The van der Waals surface area contributed by atoms with Crippen molar-refractivity contribution in [3.8, 4) is 5.75 Å². The van der Waals surface area contributed by atoms with Crippen LogP contribution >= 0.6 is 0 Å². The minimum atomic E-state index is -0.00621. The number of ether oxygens (including phenoxy) is 2. The fourth-order valence-electron chi connectivity index (χ4n) is 3.90. The van der Waals surface area contributed by atoms with Crippen molar-refractivity contribution < 1.29 is 14.3 Å². The first-order valence-electron chi connectivity index (χ1n) is 10.3. The third-order valence-electron chi connectivity index (χ3n) is 5.57. The van der Waals surface area contributed by atoms with Crippen molar-refractivity contribution in [3.63, 3.8) is 0 Å². The molecule has 0 unspecified atom stereocenters. The molecule has 0 spiro atoms. The van der Waals surface area contributed by atoms with E-state index >= 15 is 0 Å². The summed E-state index contributed by atoms with van der Waals surface area (Å²) < 4.78 is 11.8. The Bertz CT molecular complexity index is 842. The summed E-state index contributed by atoms with van der Waals surface area (Å²) in [7, 11) is 0. The van der Waals surface area contributed by atoms with Gasteiger partial charge < -0.3 is 20.5 Å². The van der Waals surface area contributed by atoms with Crippen LogP contribution in [0.25, 0.3) is 10.9 Å². The van der Waals surface area contributed by atoms with Crippen LogP contribution in [0.1, 0.15) is 44.2 Å². The van der Waals surface area contributed by atoms with Gasteiger partial charge in [-0.25, -0.2) is 0 Å². The van der Waals surface area contributed by atoms with Gasteiger partial charge in [0.1, 0.15) is 12.4 Å². The molecule has 2 aliphatic carbocycles. The zero-order chi connectivity index (χ0) is 19.5. The molecule has 0 aliphatic heterocycles. The molecular weight excluding hydrogens is 354 g/mol. The van der Waals surface area contributed by atoms with Gasteiger partial charge in [-0.2, -0.15) is 0 Å². The Labute approximate surface area is 165 Å². The maximum Gasteiger partial charge on any atom is 0.246 e. The number of aryl methyl sites for hydroxylation is 1. The third kappa shape index (κ3) is 4.73. The summed E-state index contributed by atoms with van der Waals surface area (Å²) >= 11 is 0. The van der Waals surface area contributed by atoms with E-state index in [9.17, 15) is 4.79 Å². The first kappa shape index (κ1) is 19.0. The van der Waals surface area contributed by atoms with E-state index in [0.717, 1.165) is 54.6 Å². The van der Waals surface area contributed by atoms with Gasteiger partial charge in [0.2, 0.25) is 5.91 Å². The number of nitrogens with two attached hydrogens (primary N) is 1. The molecule has 1 heterocycles. The predicted molar refractivity (Wildman–Crippen MR) is 109 cm³/mol. The van der Waals surface area contributed by atoms with Crippen molar-refractivity contribution >= 4 is 22.5 Å². The Hall–Kier alpha value is -2.34. The quantitative estimate of drug-likeness (QED) is 0.766. The number of anilines is 1. The highest BCUT2D eigenvalue weighted by Gasteiger charge is 2.25. The highest BCUT2D eigenvalue weighted by molar-refractivity contribution is 5.95. The van der Waals surface area contributed by atoms with E-state index in [0.29, 0.717) is 11.6 Å². The van der Waals surface area contributed by atoms with Gasteiger partial charge in [0, 0.05) is 17.4 Å². The lowest BCUT2D eigenvalue weighted by molar-refractivity contribution is -0.126. The van der Waals surface area contributed by atoms with Crippen LogP contribution in [0.4, 0.5) is 5.69 Å².